The molecule has 11 heteroatoms. The van der Waals surface area contributed by atoms with Gasteiger partial charge in [-0.1, -0.05) is 38.4 Å². The van der Waals surface area contributed by atoms with Crippen LogP contribution in [0.4, 0.5) is 4.79 Å². The van der Waals surface area contributed by atoms with Crippen molar-refractivity contribution in [3.8, 4) is 11.4 Å². The molecule has 237 valence electrons. The first-order valence-corrected chi connectivity index (χ1v) is 18.2. The average Bonchev–Trinajstić information content (AvgIpc) is 3.48. The van der Waals surface area contributed by atoms with Crippen molar-refractivity contribution in [2.75, 3.05) is 26.2 Å². The van der Waals surface area contributed by atoms with Crippen LogP contribution in [0.25, 0.3) is 22.3 Å². The summed E-state index contributed by atoms with van der Waals surface area (Å²) in [7, 11) is -0.805. The first kappa shape index (κ1) is 32.6. The van der Waals surface area contributed by atoms with Gasteiger partial charge in [-0.25, -0.2) is 9.36 Å². The number of piperazine rings is 1. The van der Waals surface area contributed by atoms with E-state index < -0.39 is 20.7 Å². The zero-order valence-electron chi connectivity index (χ0n) is 27.2. The lowest BCUT2D eigenvalue weighted by Crippen LogP contribution is -2.52. The molecule has 1 aromatic carbocycles. The monoisotopic (exact) mass is 638 g/mol. The van der Waals surface area contributed by atoms with E-state index in [0.29, 0.717) is 39.6 Å². The van der Waals surface area contributed by atoms with Crippen LogP contribution in [-0.4, -0.2) is 78.4 Å². The largest absolute Gasteiger partial charge is 0.443 e. The van der Waals surface area contributed by atoms with Gasteiger partial charge in [-0.15, -0.1) is 0 Å². The molecule has 4 heterocycles. The third-order valence-corrected chi connectivity index (χ3v) is 8.92. The van der Waals surface area contributed by atoms with Gasteiger partial charge in [0.15, 0.2) is 0 Å². The highest BCUT2D eigenvalue weighted by atomic mass is 35.5. The van der Waals surface area contributed by atoms with Crippen LogP contribution in [0, 0.1) is 5.41 Å². The number of pyridine rings is 1. The van der Waals surface area contributed by atoms with Gasteiger partial charge in [-0.3, -0.25) is 19.6 Å². The number of hydrogen-bond donors (Lipinski definition) is 1. The van der Waals surface area contributed by atoms with Gasteiger partial charge < -0.3 is 14.5 Å². The summed E-state index contributed by atoms with van der Waals surface area (Å²) in [6.45, 7) is 21.7. The quantitative estimate of drug-likeness (QED) is 0.294. The second-order valence-corrected chi connectivity index (χ2v) is 16.7. The molecule has 0 aliphatic carbocycles. The van der Waals surface area contributed by atoms with E-state index in [1.54, 1.807) is 0 Å². The minimum atomic E-state index is -0.805. The van der Waals surface area contributed by atoms with Crippen LogP contribution in [0.1, 0.15) is 69.4 Å². The number of ether oxygens (including phenoxy) is 1. The van der Waals surface area contributed by atoms with E-state index in [1.165, 1.54) is 10.8 Å². The molecule has 5 rings (SSSR count). The number of nitrogens with one attached hydrogen (secondary N) is 1. The lowest BCUT2D eigenvalue weighted by atomic mass is 9.91. The first-order valence-electron chi connectivity index (χ1n) is 15.4. The van der Waals surface area contributed by atoms with Gasteiger partial charge in [-0.05, 0) is 69.5 Å². The first-order chi connectivity index (χ1) is 20.6. The third kappa shape index (κ3) is 7.37. The zero-order valence-corrected chi connectivity index (χ0v) is 29.0. The summed E-state index contributed by atoms with van der Waals surface area (Å²) >= 11 is 6.39. The summed E-state index contributed by atoms with van der Waals surface area (Å²) in [4.78, 5) is 35.9. The molecular formula is C33H45ClN5O4Si. The van der Waals surface area contributed by atoms with E-state index in [-0.39, 0.29) is 17.6 Å². The van der Waals surface area contributed by atoms with Gasteiger partial charge in [0.2, 0.25) is 9.04 Å². The van der Waals surface area contributed by atoms with E-state index in [0.717, 1.165) is 50.1 Å². The lowest BCUT2D eigenvalue weighted by molar-refractivity contribution is -0.0321. The Bertz CT molecular complexity index is 1550. The topological polar surface area (TPSA) is 88.9 Å². The second kappa shape index (κ2) is 12.6. The van der Waals surface area contributed by atoms with Crippen LogP contribution in [0.2, 0.25) is 18.1 Å². The molecule has 1 saturated heterocycles. The van der Waals surface area contributed by atoms with Gasteiger partial charge >= 0.3 is 6.09 Å². The summed E-state index contributed by atoms with van der Waals surface area (Å²) in [5.74, 6) is -0.254. The Kier molecular flexibility index (Phi) is 9.31. The number of aromatic nitrogens is 2. The maximum atomic E-state index is 13.6. The van der Waals surface area contributed by atoms with Crippen molar-refractivity contribution in [1.82, 2.24) is 24.7 Å². The Morgan fingerprint density at radius 2 is 1.80 bits per heavy atom. The summed E-state index contributed by atoms with van der Waals surface area (Å²) in [6, 6.07) is 8.08. The Labute approximate surface area is 267 Å². The summed E-state index contributed by atoms with van der Waals surface area (Å²) in [5.41, 5.74) is 3.36. The normalized spacial score (nSPS) is 17.3. The summed E-state index contributed by atoms with van der Waals surface area (Å²) < 4.78 is 13.8. The molecule has 1 radical (unpaired) electrons. The zero-order chi connectivity index (χ0) is 32.0. The fourth-order valence-electron chi connectivity index (χ4n) is 5.95. The molecule has 0 saturated carbocycles. The molecule has 1 N–H and O–H groups in total. The molecule has 3 aromatic rings. The van der Waals surface area contributed by atoms with Crippen LogP contribution in [-0.2, 0) is 22.3 Å². The smallest absolute Gasteiger partial charge is 0.419 e. The predicted octanol–water partition coefficient (Wildman–Crippen LogP) is 6.53. The Morgan fingerprint density at radius 3 is 2.43 bits per heavy atom. The van der Waals surface area contributed by atoms with Crippen LogP contribution in [0.15, 0.2) is 30.5 Å². The standard InChI is InChI=1S/C33H45ClN5O4Si/c1-32(2,3)17-27(43-44(7)8)38-13-11-37(12-14-38)20-21-9-10-25-22(15-21)16-26(39(25)31(41)42-33(4,5)6)29-28-23(18-36-30(28)40)24(34)19-35-29/h9-10,15-16,19,27H,11-14,17-18,20H2,1-8H3,(H,36,40). The predicted molar refractivity (Wildman–Crippen MR) is 176 cm³/mol. The SMILES string of the molecule is C[Si](C)OC(CC(C)(C)C)N1CCN(Cc2ccc3c(c2)cc(-c2ncc(Cl)c4c2C(=O)NC4)n3C(=O)OC(C)(C)C)CC1. The fourth-order valence-corrected chi connectivity index (χ4v) is 6.93. The van der Waals surface area contributed by atoms with E-state index in [2.05, 4.69) is 66.1 Å². The van der Waals surface area contributed by atoms with Crippen molar-refractivity contribution in [3.63, 3.8) is 0 Å². The Balaban J connectivity index is 1.42. The van der Waals surface area contributed by atoms with Crippen molar-refractivity contribution in [1.29, 1.82) is 0 Å². The minimum absolute atomic E-state index is 0.161. The highest BCUT2D eigenvalue weighted by Gasteiger charge is 2.32. The second-order valence-electron chi connectivity index (χ2n) is 14.3. The number of carbonyl (C=O) groups is 2. The van der Waals surface area contributed by atoms with Gasteiger partial charge in [0.25, 0.3) is 5.91 Å². The number of fused-ring (bicyclic) bond motifs is 2. The summed E-state index contributed by atoms with van der Waals surface area (Å²) in [5, 5.41) is 4.14. The van der Waals surface area contributed by atoms with Gasteiger partial charge in [0, 0.05) is 56.4 Å². The molecule has 2 aliphatic heterocycles. The molecule has 2 aliphatic rings. The molecular weight excluding hydrogens is 594 g/mol. The number of hydrogen-bond acceptors (Lipinski definition) is 7. The van der Waals surface area contributed by atoms with Crippen molar-refractivity contribution >= 4 is 43.5 Å². The fraction of sp³-hybridized carbons (Fsp3) is 0.545. The van der Waals surface area contributed by atoms with Crippen molar-refractivity contribution in [3.05, 3.63) is 52.2 Å². The minimum Gasteiger partial charge on any atom is -0.443 e. The maximum absolute atomic E-state index is 13.6. The number of rotatable bonds is 7. The Hall–Kier alpha value is -2.76. The number of amides is 1. The van der Waals surface area contributed by atoms with Crippen molar-refractivity contribution < 1.29 is 18.8 Å². The van der Waals surface area contributed by atoms with Crippen molar-refractivity contribution in [2.45, 2.75) is 86.0 Å². The molecule has 1 amide bonds. The van der Waals surface area contributed by atoms with E-state index in [1.807, 2.05) is 32.9 Å². The maximum Gasteiger partial charge on any atom is 0.419 e. The highest BCUT2D eigenvalue weighted by molar-refractivity contribution is 6.48. The van der Waals surface area contributed by atoms with E-state index >= 15 is 0 Å². The van der Waals surface area contributed by atoms with Crippen LogP contribution in [0.5, 0.6) is 0 Å². The molecule has 9 nitrogen and oxygen atoms in total. The molecule has 2 aromatic heterocycles. The number of carbonyl (C=O) groups excluding carboxylic acids is 2. The molecule has 1 unspecified atom stereocenters. The third-order valence-electron chi connectivity index (χ3n) is 7.85. The van der Waals surface area contributed by atoms with Crippen LogP contribution >= 0.6 is 11.6 Å². The van der Waals surface area contributed by atoms with Crippen LogP contribution in [0.3, 0.4) is 0 Å². The molecule has 0 bridgehead atoms. The Morgan fingerprint density at radius 1 is 1.09 bits per heavy atom. The lowest BCUT2D eigenvalue weighted by Gasteiger charge is -2.41. The van der Waals surface area contributed by atoms with Gasteiger partial charge in [0.05, 0.1) is 28.0 Å². The molecule has 1 atom stereocenters. The number of halogens is 1. The molecule has 44 heavy (non-hydrogen) atoms. The molecule has 0 spiro atoms. The summed E-state index contributed by atoms with van der Waals surface area (Å²) in [6.07, 6.45) is 2.20. The van der Waals surface area contributed by atoms with E-state index in [4.69, 9.17) is 20.8 Å². The highest BCUT2D eigenvalue weighted by Crippen LogP contribution is 2.36. The van der Waals surface area contributed by atoms with E-state index in [9.17, 15) is 9.59 Å². The van der Waals surface area contributed by atoms with Crippen LogP contribution < -0.4 is 5.32 Å². The average molecular weight is 639 g/mol. The molecule has 1 fully saturated rings. The van der Waals surface area contributed by atoms with Crippen molar-refractivity contribution in [2.24, 2.45) is 5.41 Å². The van der Waals surface area contributed by atoms with Gasteiger partial charge in [0.1, 0.15) is 11.3 Å². The number of nitrogens with zero attached hydrogens (tertiary/aromatic N) is 4. The number of benzene rings is 1. The van der Waals surface area contributed by atoms with Gasteiger partial charge in [-0.2, -0.15) is 0 Å².